The molecule has 0 bridgehead atoms. The minimum atomic E-state index is -0.795. The summed E-state index contributed by atoms with van der Waals surface area (Å²) < 4.78 is 0. The van der Waals surface area contributed by atoms with Crippen molar-refractivity contribution in [2.75, 3.05) is 45.8 Å². The molecule has 2 saturated heterocycles. The fraction of sp³-hybridized carbons (Fsp3) is 0.472. The molecule has 0 saturated carbocycles. The lowest BCUT2D eigenvalue weighted by Crippen LogP contribution is -2.46. The Hall–Kier alpha value is -2.12. The number of rotatable bonds is 11. The molecule has 3 aromatic carbocycles. The number of halogens is 3. The zero-order valence-electron chi connectivity index (χ0n) is 25.8. The summed E-state index contributed by atoms with van der Waals surface area (Å²) in [6, 6.07) is 29.0. The van der Waals surface area contributed by atoms with Crippen molar-refractivity contribution in [3.05, 3.63) is 107 Å². The van der Waals surface area contributed by atoms with Crippen molar-refractivity contribution in [1.82, 2.24) is 15.1 Å². The average Bonchev–Trinajstić information content (AvgIpc) is 3.04. The molecule has 8 heteroatoms. The molecule has 0 aliphatic carbocycles. The summed E-state index contributed by atoms with van der Waals surface area (Å²) in [7, 11) is 0. The lowest BCUT2D eigenvalue weighted by molar-refractivity contribution is -0.126. The maximum atomic E-state index is 13.5. The zero-order chi connectivity index (χ0) is 29.4. The van der Waals surface area contributed by atoms with Crippen LogP contribution in [-0.2, 0) is 15.8 Å². The summed E-state index contributed by atoms with van der Waals surface area (Å²) in [4.78, 5) is 18.4. The molecule has 0 unspecified atom stereocenters. The third-order valence-corrected chi connectivity index (χ3v) is 10.0. The third-order valence-electron chi connectivity index (χ3n) is 9.77. The molecular weight excluding hydrogens is 613 g/mol. The molecule has 5 nitrogen and oxygen atoms in total. The van der Waals surface area contributed by atoms with E-state index in [-0.39, 0.29) is 42.1 Å². The summed E-state index contributed by atoms with van der Waals surface area (Å²) in [5.74, 6) is 0.282. The first kappa shape index (κ1) is 36.3. The Balaban J connectivity index is 0.00000264. The van der Waals surface area contributed by atoms with Crippen molar-refractivity contribution in [1.29, 1.82) is 0 Å². The van der Waals surface area contributed by atoms with Crippen LogP contribution in [0.25, 0.3) is 0 Å². The molecular formula is C36H48Cl3N3O2. The highest BCUT2D eigenvalue weighted by molar-refractivity contribution is 6.30. The van der Waals surface area contributed by atoms with Crippen LogP contribution in [0.2, 0.25) is 5.02 Å². The van der Waals surface area contributed by atoms with Gasteiger partial charge in [-0.15, -0.1) is 24.8 Å². The summed E-state index contributed by atoms with van der Waals surface area (Å²) in [6.45, 7) is 8.51. The van der Waals surface area contributed by atoms with Gasteiger partial charge in [-0.2, -0.15) is 0 Å². The van der Waals surface area contributed by atoms with E-state index in [1.165, 1.54) is 11.1 Å². The Morgan fingerprint density at radius 1 is 0.864 bits per heavy atom. The van der Waals surface area contributed by atoms with E-state index in [1.54, 1.807) is 0 Å². The Morgan fingerprint density at radius 3 is 1.93 bits per heavy atom. The number of piperidine rings is 2. The molecule has 2 fully saturated rings. The first-order valence-corrected chi connectivity index (χ1v) is 16.1. The SMILES string of the molecule is CCN1CCC(C(=O)NCC(CCCN2CCC(O)(c3ccc(Cl)cc3)CC2)(c2ccccc2)c2ccccc2)CC1.Cl.Cl. The fourth-order valence-electron chi connectivity index (χ4n) is 6.96. The molecule has 1 amide bonds. The van der Waals surface area contributed by atoms with E-state index in [1.807, 2.05) is 24.3 Å². The number of nitrogens with zero attached hydrogens (tertiary/aromatic N) is 2. The zero-order valence-corrected chi connectivity index (χ0v) is 28.2. The standard InChI is InChI=1S/C36H46ClN3O2.2ClH/c1-2-39-24-18-29(19-25-39)34(41)38-28-35(30-10-5-3-6-11-30,31-12-7-4-8-13-31)20-9-23-40-26-21-36(42,22-27-40)32-14-16-33(37)17-15-32;;/h3-8,10-17,29,42H,2,9,18-28H2,1H3,(H,38,41);2*1H. The van der Waals surface area contributed by atoms with E-state index in [4.69, 9.17) is 11.6 Å². The van der Waals surface area contributed by atoms with Crippen molar-refractivity contribution >= 4 is 42.3 Å². The minimum absolute atomic E-state index is 0. The van der Waals surface area contributed by atoms with Gasteiger partial charge in [0.25, 0.3) is 0 Å². The average molecular weight is 661 g/mol. The number of carbonyl (C=O) groups is 1. The molecule has 0 aromatic heterocycles. The quantitative estimate of drug-likeness (QED) is 0.231. The topological polar surface area (TPSA) is 55.8 Å². The second-order valence-electron chi connectivity index (χ2n) is 12.2. The predicted molar refractivity (Wildman–Crippen MR) is 186 cm³/mol. The van der Waals surface area contributed by atoms with E-state index in [2.05, 4.69) is 82.7 Å². The highest BCUT2D eigenvalue weighted by atomic mass is 35.5. The second kappa shape index (κ2) is 17.0. The molecule has 240 valence electrons. The molecule has 0 atom stereocenters. The highest BCUT2D eigenvalue weighted by Crippen LogP contribution is 2.38. The first-order valence-electron chi connectivity index (χ1n) is 15.7. The molecule has 2 heterocycles. The number of hydrogen-bond donors (Lipinski definition) is 2. The van der Waals surface area contributed by atoms with Crippen LogP contribution >= 0.6 is 36.4 Å². The summed E-state index contributed by atoms with van der Waals surface area (Å²) in [5.41, 5.74) is 2.33. The van der Waals surface area contributed by atoms with Crippen molar-refractivity contribution in [3.8, 4) is 0 Å². The molecule has 3 aromatic rings. The van der Waals surface area contributed by atoms with E-state index in [9.17, 15) is 9.90 Å². The molecule has 44 heavy (non-hydrogen) atoms. The van der Waals surface area contributed by atoms with Gasteiger partial charge in [-0.25, -0.2) is 0 Å². The Morgan fingerprint density at radius 2 is 1.41 bits per heavy atom. The van der Waals surface area contributed by atoms with Gasteiger partial charge in [0.15, 0.2) is 0 Å². The summed E-state index contributed by atoms with van der Waals surface area (Å²) in [6.07, 6.45) is 5.21. The summed E-state index contributed by atoms with van der Waals surface area (Å²) >= 11 is 6.08. The molecule has 0 spiro atoms. The van der Waals surface area contributed by atoms with Gasteiger partial charge in [0, 0.05) is 36.0 Å². The van der Waals surface area contributed by atoms with Gasteiger partial charge in [-0.3, -0.25) is 4.79 Å². The third kappa shape index (κ3) is 8.78. The second-order valence-corrected chi connectivity index (χ2v) is 12.7. The van der Waals surface area contributed by atoms with Gasteiger partial charge in [0.1, 0.15) is 0 Å². The van der Waals surface area contributed by atoms with Crippen molar-refractivity contribution < 1.29 is 9.90 Å². The molecule has 2 aliphatic rings. The van der Waals surface area contributed by atoms with Crippen LogP contribution in [0.5, 0.6) is 0 Å². The largest absolute Gasteiger partial charge is 0.385 e. The van der Waals surface area contributed by atoms with Crippen LogP contribution in [0.4, 0.5) is 0 Å². The van der Waals surface area contributed by atoms with E-state index < -0.39 is 5.60 Å². The molecule has 2 N–H and O–H groups in total. The molecule has 5 rings (SSSR count). The van der Waals surface area contributed by atoms with Gasteiger partial charge >= 0.3 is 0 Å². The van der Waals surface area contributed by atoms with Crippen molar-refractivity contribution in [2.45, 2.75) is 56.5 Å². The summed E-state index contributed by atoms with van der Waals surface area (Å²) in [5, 5.41) is 15.5. The van der Waals surface area contributed by atoms with Gasteiger partial charge in [0.05, 0.1) is 5.60 Å². The maximum absolute atomic E-state index is 13.5. The van der Waals surface area contributed by atoms with E-state index >= 15 is 0 Å². The number of likely N-dealkylation sites (tertiary alicyclic amines) is 2. The monoisotopic (exact) mass is 659 g/mol. The van der Waals surface area contributed by atoms with Crippen LogP contribution in [0.15, 0.2) is 84.9 Å². The normalized spacial score (nSPS) is 17.7. The smallest absolute Gasteiger partial charge is 0.223 e. The van der Waals surface area contributed by atoms with Crippen LogP contribution in [0.1, 0.15) is 62.1 Å². The predicted octanol–water partition coefficient (Wildman–Crippen LogP) is 7.08. The number of carbonyl (C=O) groups excluding carboxylic acids is 1. The highest BCUT2D eigenvalue weighted by Gasteiger charge is 2.37. The fourth-order valence-corrected chi connectivity index (χ4v) is 7.08. The van der Waals surface area contributed by atoms with Crippen LogP contribution < -0.4 is 5.32 Å². The van der Waals surface area contributed by atoms with Gasteiger partial charge in [-0.1, -0.05) is 91.3 Å². The number of hydrogen-bond acceptors (Lipinski definition) is 4. The Bertz CT molecular complexity index is 1220. The Kier molecular flexibility index (Phi) is 14.0. The molecule has 2 aliphatic heterocycles. The van der Waals surface area contributed by atoms with Gasteiger partial charge in [0.2, 0.25) is 5.91 Å². The van der Waals surface area contributed by atoms with Crippen LogP contribution in [-0.4, -0.2) is 66.6 Å². The number of nitrogens with one attached hydrogen (secondary N) is 1. The number of benzene rings is 3. The number of amides is 1. The maximum Gasteiger partial charge on any atom is 0.223 e. The Labute approximate surface area is 281 Å². The van der Waals surface area contributed by atoms with Crippen molar-refractivity contribution in [2.24, 2.45) is 5.92 Å². The lowest BCUT2D eigenvalue weighted by Gasteiger charge is -2.40. The van der Waals surface area contributed by atoms with Gasteiger partial charge in [-0.05, 0) is 93.5 Å². The number of aliphatic hydroxyl groups is 1. The van der Waals surface area contributed by atoms with Crippen LogP contribution in [0, 0.1) is 5.92 Å². The minimum Gasteiger partial charge on any atom is -0.385 e. The lowest BCUT2D eigenvalue weighted by atomic mass is 9.71. The molecule has 0 radical (unpaired) electrons. The van der Waals surface area contributed by atoms with E-state index in [0.29, 0.717) is 24.4 Å². The van der Waals surface area contributed by atoms with E-state index in [0.717, 1.165) is 70.5 Å². The van der Waals surface area contributed by atoms with Gasteiger partial charge < -0.3 is 20.2 Å². The first-order chi connectivity index (χ1) is 20.4. The van der Waals surface area contributed by atoms with Crippen LogP contribution in [0.3, 0.4) is 0 Å². The van der Waals surface area contributed by atoms with Crippen molar-refractivity contribution in [3.63, 3.8) is 0 Å².